The van der Waals surface area contributed by atoms with E-state index in [1.165, 1.54) is 0 Å². The van der Waals surface area contributed by atoms with E-state index in [2.05, 4.69) is 0 Å². The normalized spacial score (nSPS) is 12.2. The average Bonchev–Trinajstić information content (AvgIpc) is 2.34. The van der Waals surface area contributed by atoms with Gasteiger partial charge in [0, 0.05) is 13.6 Å². The van der Waals surface area contributed by atoms with Gasteiger partial charge in [0.05, 0.1) is 13.2 Å². The molecule has 0 fully saturated rings. The van der Waals surface area contributed by atoms with Crippen molar-refractivity contribution in [3.05, 3.63) is 35.9 Å². The molecule has 94 valence electrons. The molecule has 1 rings (SSSR count). The van der Waals surface area contributed by atoms with Crippen LogP contribution in [0.4, 0.5) is 0 Å². The van der Waals surface area contributed by atoms with Gasteiger partial charge in [0.25, 0.3) is 0 Å². The first-order valence-corrected chi connectivity index (χ1v) is 6.05. The molecule has 0 radical (unpaired) electrons. The third-order valence-electron chi connectivity index (χ3n) is 2.40. The van der Waals surface area contributed by atoms with Gasteiger partial charge in [0.1, 0.15) is 5.38 Å². The summed E-state index contributed by atoms with van der Waals surface area (Å²) in [7, 11) is 1.73. The van der Waals surface area contributed by atoms with Crippen LogP contribution in [0.2, 0.25) is 0 Å². The Morgan fingerprint density at radius 2 is 2.06 bits per heavy atom. The summed E-state index contributed by atoms with van der Waals surface area (Å²) in [5, 5.41) is -0.478. The lowest BCUT2D eigenvalue weighted by Crippen LogP contribution is -2.34. The fraction of sp³-hybridized carbons (Fsp3) is 0.462. The fourth-order valence-electron chi connectivity index (χ4n) is 1.38. The van der Waals surface area contributed by atoms with Crippen molar-refractivity contribution in [3.8, 4) is 0 Å². The predicted octanol–water partition coefficient (Wildman–Crippen LogP) is 2.29. The van der Waals surface area contributed by atoms with Gasteiger partial charge in [-0.3, -0.25) is 4.79 Å². The van der Waals surface area contributed by atoms with E-state index in [0.717, 1.165) is 5.56 Å². The molecule has 1 amide bonds. The van der Waals surface area contributed by atoms with Gasteiger partial charge in [0.2, 0.25) is 5.91 Å². The molecule has 0 aliphatic carbocycles. The van der Waals surface area contributed by atoms with Crippen molar-refractivity contribution in [2.75, 3.05) is 20.2 Å². The van der Waals surface area contributed by atoms with Crippen molar-refractivity contribution in [1.29, 1.82) is 0 Å². The van der Waals surface area contributed by atoms with E-state index < -0.39 is 5.38 Å². The van der Waals surface area contributed by atoms with E-state index in [4.69, 9.17) is 16.3 Å². The molecule has 0 saturated carbocycles. The lowest BCUT2D eigenvalue weighted by atomic mass is 10.2. The molecule has 0 saturated heterocycles. The molecule has 1 atom stereocenters. The number of rotatable bonds is 6. The van der Waals surface area contributed by atoms with Gasteiger partial charge in [-0.05, 0) is 12.5 Å². The molecule has 0 aliphatic rings. The molecular weight excluding hydrogens is 238 g/mol. The van der Waals surface area contributed by atoms with Crippen LogP contribution in [0.15, 0.2) is 30.3 Å². The lowest BCUT2D eigenvalue weighted by Gasteiger charge is -2.18. The summed E-state index contributed by atoms with van der Waals surface area (Å²) in [5.74, 6) is -0.0741. The molecule has 4 heteroatoms. The Kier molecular flexibility index (Phi) is 6.01. The summed E-state index contributed by atoms with van der Waals surface area (Å²) in [5.41, 5.74) is 1.13. The average molecular weight is 256 g/mol. The molecule has 1 unspecified atom stereocenters. The van der Waals surface area contributed by atoms with Crippen molar-refractivity contribution < 1.29 is 9.53 Å². The summed E-state index contributed by atoms with van der Waals surface area (Å²) in [6.45, 7) is 3.31. The van der Waals surface area contributed by atoms with Crippen molar-refractivity contribution >= 4 is 17.5 Å². The summed E-state index contributed by atoms with van der Waals surface area (Å²) < 4.78 is 5.48. The van der Waals surface area contributed by atoms with Crippen molar-refractivity contribution in [2.45, 2.75) is 18.9 Å². The van der Waals surface area contributed by atoms with Gasteiger partial charge in [-0.2, -0.15) is 0 Å². The Morgan fingerprint density at radius 1 is 1.41 bits per heavy atom. The number of ether oxygens (including phenoxy) is 1. The first kappa shape index (κ1) is 14.0. The van der Waals surface area contributed by atoms with Gasteiger partial charge >= 0.3 is 0 Å². The third-order valence-corrected chi connectivity index (χ3v) is 2.59. The molecule has 0 bridgehead atoms. The number of nitrogens with zero attached hydrogens (tertiary/aromatic N) is 1. The number of hydrogen-bond donors (Lipinski definition) is 0. The maximum absolute atomic E-state index is 11.4. The second-order valence-electron chi connectivity index (χ2n) is 3.91. The van der Waals surface area contributed by atoms with E-state index in [1.807, 2.05) is 30.3 Å². The summed E-state index contributed by atoms with van der Waals surface area (Å²) in [4.78, 5) is 13.0. The van der Waals surface area contributed by atoms with Crippen molar-refractivity contribution in [1.82, 2.24) is 4.90 Å². The molecule has 1 aromatic rings. The monoisotopic (exact) mass is 255 g/mol. The van der Waals surface area contributed by atoms with E-state index in [0.29, 0.717) is 19.8 Å². The van der Waals surface area contributed by atoms with Crippen LogP contribution >= 0.6 is 11.6 Å². The molecule has 1 aromatic carbocycles. The van der Waals surface area contributed by atoms with E-state index in [1.54, 1.807) is 18.9 Å². The number of carbonyl (C=O) groups excluding carboxylic acids is 1. The minimum atomic E-state index is -0.478. The Balaban J connectivity index is 2.18. The van der Waals surface area contributed by atoms with Crippen LogP contribution in [0.25, 0.3) is 0 Å². The lowest BCUT2D eigenvalue weighted by molar-refractivity contribution is -0.129. The number of hydrogen-bond acceptors (Lipinski definition) is 2. The molecule has 17 heavy (non-hydrogen) atoms. The summed E-state index contributed by atoms with van der Waals surface area (Å²) in [6, 6.07) is 9.94. The minimum Gasteiger partial charge on any atom is -0.375 e. The first-order chi connectivity index (χ1) is 8.11. The van der Waals surface area contributed by atoms with Crippen molar-refractivity contribution in [3.63, 3.8) is 0 Å². The fourth-order valence-corrected chi connectivity index (χ4v) is 1.55. The highest BCUT2D eigenvalue weighted by Crippen LogP contribution is 2.02. The maximum atomic E-state index is 11.4. The predicted molar refractivity (Wildman–Crippen MR) is 69.1 cm³/mol. The molecule has 0 N–H and O–H groups in total. The zero-order valence-corrected chi connectivity index (χ0v) is 11.0. The topological polar surface area (TPSA) is 29.5 Å². The molecular formula is C13H18ClNO2. The van der Waals surface area contributed by atoms with E-state index >= 15 is 0 Å². The zero-order chi connectivity index (χ0) is 12.7. The number of amides is 1. The standard InChI is InChI=1S/C13H18ClNO2/c1-11(14)13(16)15(2)8-9-17-10-12-6-4-3-5-7-12/h3-7,11H,8-10H2,1-2H3. The molecule has 0 aromatic heterocycles. The second kappa shape index (κ2) is 7.30. The highest BCUT2D eigenvalue weighted by molar-refractivity contribution is 6.30. The van der Waals surface area contributed by atoms with Gasteiger partial charge in [-0.15, -0.1) is 11.6 Å². The van der Waals surface area contributed by atoms with Crippen LogP contribution in [0.5, 0.6) is 0 Å². The largest absolute Gasteiger partial charge is 0.375 e. The quantitative estimate of drug-likeness (QED) is 0.577. The summed E-state index contributed by atoms with van der Waals surface area (Å²) >= 11 is 5.70. The Morgan fingerprint density at radius 3 is 2.65 bits per heavy atom. The van der Waals surface area contributed by atoms with Gasteiger partial charge in [0.15, 0.2) is 0 Å². The Hall–Kier alpha value is -1.06. The first-order valence-electron chi connectivity index (χ1n) is 5.62. The van der Waals surface area contributed by atoms with Crippen LogP contribution in [0.3, 0.4) is 0 Å². The van der Waals surface area contributed by atoms with Gasteiger partial charge in [-0.25, -0.2) is 0 Å². The number of carbonyl (C=O) groups is 1. The minimum absolute atomic E-state index is 0.0741. The highest BCUT2D eigenvalue weighted by atomic mass is 35.5. The Bertz CT molecular complexity index is 341. The highest BCUT2D eigenvalue weighted by Gasteiger charge is 2.13. The van der Waals surface area contributed by atoms with E-state index in [9.17, 15) is 4.79 Å². The number of halogens is 1. The van der Waals surface area contributed by atoms with Crippen LogP contribution in [-0.2, 0) is 16.1 Å². The maximum Gasteiger partial charge on any atom is 0.240 e. The van der Waals surface area contributed by atoms with Crippen LogP contribution in [0, 0.1) is 0 Å². The molecule has 0 spiro atoms. The van der Waals surface area contributed by atoms with Gasteiger partial charge < -0.3 is 9.64 Å². The number of benzene rings is 1. The smallest absolute Gasteiger partial charge is 0.240 e. The van der Waals surface area contributed by atoms with Crippen LogP contribution in [-0.4, -0.2) is 36.4 Å². The number of alkyl halides is 1. The molecule has 0 aliphatic heterocycles. The SMILES string of the molecule is CC(Cl)C(=O)N(C)CCOCc1ccccc1. The van der Waals surface area contributed by atoms with Crippen LogP contribution < -0.4 is 0 Å². The summed E-state index contributed by atoms with van der Waals surface area (Å²) in [6.07, 6.45) is 0. The van der Waals surface area contributed by atoms with Gasteiger partial charge in [-0.1, -0.05) is 30.3 Å². The zero-order valence-electron chi connectivity index (χ0n) is 10.2. The van der Waals surface area contributed by atoms with E-state index in [-0.39, 0.29) is 5.91 Å². The molecule has 0 heterocycles. The molecule has 3 nitrogen and oxygen atoms in total. The van der Waals surface area contributed by atoms with Crippen molar-refractivity contribution in [2.24, 2.45) is 0 Å². The second-order valence-corrected chi connectivity index (χ2v) is 4.57. The number of likely N-dealkylation sites (N-methyl/N-ethyl adjacent to an activating group) is 1. The van der Waals surface area contributed by atoms with Crippen LogP contribution in [0.1, 0.15) is 12.5 Å². The third kappa shape index (κ3) is 5.20. The Labute approximate surface area is 107 Å².